The van der Waals surface area contributed by atoms with Gasteiger partial charge in [0.15, 0.2) is 0 Å². The summed E-state index contributed by atoms with van der Waals surface area (Å²) in [5, 5.41) is 0. The lowest BCUT2D eigenvalue weighted by molar-refractivity contribution is -0.118. The van der Waals surface area contributed by atoms with Crippen LogP contribution in [0.4, 0.5) is 0 Å². The van der Waals surface area contributed by atoms with Gasteiger partial charge in [-0.3, -0.25) is 9.69 Å². The number of amides is 1. The number of hydrogen-bond acceptors (Lipinski definition) is 3. The number of carbonyl (C=O) groups is 1. The lowest BCUT2D eigenvalue weighted by Crippen LogP contribution is -2.30. The Morgan fingerprint density at radius 3 is 3.12 bits per heavy atom. The monoisotopic (exact) mass is 220 g/mol. The number of nitrogens with two attached hydrogens (primary N) is 1. The van der Waals surface area contributed by atoms with Crippen molar-refractivity contribution >= 4 is 5.91 Å². The molecule has 4 nitrogen and oxygen atoms in total. The highest BCUT2D eigenvalue weighted by Gasteiger charge is 2.12. The van der Waals surface area contributed by atoms with E-state index in [1.54, 1.807) is 0 Å². The van der Waals surface area contributed by atoms with Crippen LogP contribution in [0.1, 0.15) is 11.1 Å². The molecule has 1 heterocycles. The molecule has 1 amide bonds. The molecule has 0 saturated carbocycles. The van der Waals surface area contributed by atoms with Crippen molar-refractivity contribution in [3.63, 3.8) is 0 Å². The van der Waals surface area contributed by atoms with Gasteiger partial charge in [0.2, 0.25) is 5.91 Å². The summed E-state index contributed by atoms with van der Waals surface area (Å²) in [6.45, 7) is 1.79. The summed E-state index contributed by atoms with van der Waals surface area (Å²) in [7, 11) is 1.88. The second-order valence-corrected chi connectivity index (χ2v) is 4.18. The van der Waals surface area contributed by atoms with Crippen LogP contribution in [0.2, 0.25) is 0 Å². The maximum atomic E-state index is 10.7. The molecule has 16 heavy (non-hydrogen) atoms. The Kier molecular flexibility index (Phi) is 3.10. The number of fused-ring (bicyclic) bond motifs is 1. The predicted octanol–water partition coefficient (Wildman–Crippen LogP) is 0.539. The van der Waals surface area contributed by atoms with Crippen molar-refractivity contribution in [2.24, 2.45) is 5.73 Å². The second-order valence-electron chi connectivity index (χ2n) is 4.18. The Morgan fingerprint density at radius 1 is 1.56 bits per heavy atom. The molecule has 1 aliphatic heterocycles. The molecule has 0 radical (unpaired) electrons. The molecule has 0 unspecified atom stereocenters. The molecule has 0 spiro atoms. The lowest BCUT2D eigenvalue weighted by atomic mass is 10.1. The van der Waals surface area contributed by atoms with Gasteiger partial charge in [-0.1, -0.05) is 12.1 Å². The first-order valence-corrected chi connectivity index (χ1v) is 5.36. The number of hydrogen-bond donors (Lipinski definition) is 1. The minimum atomic E-state index is -0.299. The number of rotatable bonds is 4. The molecule has 0 atom stereocenters. The molecule has 4 heteroatoms. The Morgan fingerprint density at radius 2 is 2.38 bits per heavy atom. The predicted molar refractivity (Wildman–Crippen MR) is 61.2 cm³/mol. The van der Waals surface area contributed by atoms with E-state index in [1.807, 2.05) is 24.1 Å². The minimum Gasteiger partial charge on any atom is -0.493 e. The standard InChI is InChI=1S/C12H16N2O2/c1-14(8-12(13)15)7-9-2-3-11-10(6-9)4-5-16-11/h2-3,6H,4-5,7-8H2,1H3,(H2,13,15). The molecule has 1 aromatic rings. The van der Waals surface area contributed by atoms with Gasteiger partial charge in [-0.05, 0) is 24.2 Å². The zero-order valence-corrected chi connectivity index (χ0v) is 9.40. The van der Waals surface area contributed by atoms with Crippen molar-refractivity contribution in [3.8, 4) is 5.75 Å². The van der Waals surface area contributed by atoms with Gasteiger partial charge < -0.3 is 10.5 Å². The third-order valence-corrected chi connectivity index (χ3v) is 2.63. The Bertz CT molecular complexity index is 404. The summed E-state index contributed by atoms with van der Waals surface area (Å²) in [6, 6.07) is 6.16. The highest BCUT2D eigenvalue weighted by Crippen LogP contribution is 2.26. The SMILES string of the molecule is CN(CC(N)=O)Cc1ccc2c(c1)CCO2. The average molecular weight is 220 g/mol. The lowest BCUT2D eigenvalue weighted by Gasteiger charge is -2.14. The van der Waals surface area contributed by atoms with Gasteiger partial charge in [0.25, 0.3) is 0 Å². The Hall–Kier alpha value is -1.55. The van der Waals surface area contributed by atoms with E-state index in [0.717, 1.165) is 25.3 Å². The quantitative estimate of drug-likeness (QED) is 0.805. The molecular weight excluding hydrogens is 204 g/mol. The van der Waals surface area contributed by atoms with E-state index in [0.29, 0.717) is 0 Å². The summed E-state index contributed by atoms with van der Waals surface area (Å²) < 4.78 is 5.44. The first-order chi connectivity index (χ1) is 7.65. The van der Waals surface area contributed by atoms with E-state index in [9.17, 15) is 4.79 Å². The molecule has 0 fully saturated rings. The van der Waals surface area contributed by atoms with Crippen molar-refractivity contribution in [3.05, 3.63) is 29.3 Å². The van der Waals surface area contributed by atoms with Crippen molar-refractivity contribution in [1.82, 2.24) is 4.90 Å². The molecule has 2 N–H and O–H groups in total. The first-order valence-electron chi connectivity index (χ1n) is 5.36. The van der Waals surface area contributed by atoms with E-state index >= 15 is 0 Å². The highest BCUT2D eigenvalue weighted by atomic mass is 16.5. The van der Waals surface area contributed by atoms with Crippen molar-refractivity contribution in [2.75, 3.05) is 20.2 Å². The first kappa shape index (κ1) is 11.0. The summed E-state index contributed by atoms with van der Waals surface area (Å²) in [5.74, 6) is 0.688. The van der Waals surface area contributed by atoms with Gasteiger partial charge in [-0.25, -0.2) is 0 Å². The largest absolute Gasteiger partial charge is 0.493 e. The molecular formula is C12H16N2O2. The zero-order valence-electron chi connectivity index (χ0n) is 9.40. The summed E-state index contributed by atoms with van der Waals surface area (Å²) in [6.07, 6.45) is 0.975. The number of primary amides is 1. The minimum absolute atomic E-state index is 0.285. The molecule has 0 bridgehead atoms. The van der Waals surface area contributed by atoms with Gasteiger partial charge in [0.05, 0.1) is 13.2 Å². The zero-order chi connectivity index (χ0) is 11.5. The summed E-state index contributed by atoms with van der Waals surface area (Å²) >= 11 is 0. The van der Waals surface area contributed by atoms with E-state index in [2.05, 4.69) is 6.07 Å². The van der Waals surface area contributed by atoms with Gasteiger partial charge in [-0.15, -0.1) is 0 Å². The van der Waals surface area contributed by atoms with Crippen LogP contribution >= 0.6 is 0 Å². The van der Waals surface area contributed by atoms with E-state index in [4.69, 9.17) is 10.5 Å². The van der Waals surface area contributed by atoms with Gasteiger partial charge >= 0.3 is 0 Å². The summed E-state index contributed by atoms with van der Waals surface area (Å²) in [5.41, 5.74) is 7.58. The second kappa shape index (κ2) is 4.53. The summed E-state index contributed by atoms with van der Waals surface area (Å²) in [4.78, 5) is 12.7. The molecule has 0 aromatic heterocycles. The molecule has 2 rings (SSSR count). The van der Waals surface area contributed by atoms with Crippen LogP contribution in [0, 0.1) is 0 Å². The molecule has 0 saturated heterocycles. The number of benzene rings is 1. The van der Waals surface area contributed by atoms with E-state index < -0.39 is 0 Å². The van der Waals surface area contributed by atoms with Crippen LogP contribution in [0.25, 0.3) is 0 Å². The fourth-order valence-corrected chi connectivity index (χ4v) is 1.97. The van der Waals surface area contributed by atoms with Gasteiger partial charge in [-0.2, -0.15) is 0 Å². The highest BCUT2D eigenvalue weighted by molar-refractivity contribution is 5.75. The van der Waals surface area contributed by atoms with Crippen LogP contribution in [-0.2, 0) is 17.8 Å². The van der Waals surface area contributed by atoms with Crippen LogP contribution in [-0.4, -0.2) is 31.0 Å². The van der Waals surface area contributed by atoms with Crippen LogP contribution in [0.5, 0.6) is 5.75 Å². The third kappa shape index (κ3) is 2.52. The number of ether oxygens (including phenoxy) is 1. The van der Waals surface area contributed by atoms with E-state index in [1.165, 1.54) is 11.1 Å². The third-order valence-electron chi connectivity index (χ3n) is 2.63. The molecule has 1 aliphatic rings. The van der Waals surface area contributed by atoms with Crippen molar-refractivity contribution < 1.29 is 9.53 Å². The average Bonchev–Trinajstić information content (AvgIpc) is 2.63. The molecule has 1 aromatic carbocycles. The van der Waals surface area contributed by atoms with Crippen molar-refractivity contribution in [1.29, 1.82) is 0 Å². The number of likely N-dealkylation sites (N-methyl/N-ethyl adjacent to an activating group) is 1. The topological polar surface area (TPSA) is 55.6 Å². The maximum Gasteiger partial charge on any atom is 0.231 e. The van der Waals surface area contributed by atoms with Gasteiger partial charge in [0, 0.05) is 13.0 Å². The van der Waals surface area contributed by atoms with Crippen LogP contribution in [0.3, 0.4) is 0 Å². The smallest absolute Gasteiger partial charge is 0.231 e. The van der Waals surface area contributed by atoms with Gasteiger partial charge in [0.1, 0.15) is 5.75 Å². The van der Waals surface area contributed by atoms with E-state index in [-0.39, 0.29) is 12.5 Å². The Balaban J connectivity index is 2.02. The number of carbonyl (C=O) groups excluding carboxylic acids is 1. The van der Waals surface area contributed by atoms with Crippen LogP contribution < -0.4 is 10.5 Å². The molecule has 0 aliphatic carbocycles. The normalized spacial score (nSPS) is 13.6. The van der Waals surface area contributed by atoms with Crippen LogP contribution in [0.15, 0.2) is 18.2 Å². The number of nitrogens with zero attached hydrogens (tertiary/aromatic N) is 1. The molecule has 86 valence electrons. The fraction of sp³-hybridized carbons (Fsp3) is 0.417. The Labute approximate surface area is 95.0 Å². The van der Waals surface area contributed by atoms with Crippen molar-refractivity contribution in [2.45, 2.75) is 13.0 Å². The maximum absolute atomic E-state index is 10.7. The fourth-order valence-electron chi connectivity index (χ4n) is 1.97.